The first-order chi connectivity index (χ1) is 45.6. The molecule has 93 heavy (non-hydrogen) atoms. The number of carbonyl (C=O) groups is 1. The number of unbranched alkanes of at least 4 members (excludes halogenated alkanes) is 29. The Kier molecular flexibility index (Phi) is 56.9. The quantitative estimate of drug-likeness (QED) is 0.0204. The van der Waals surface area contributed by atoms with Crippen LogP contribution < -0.4 is 5.32 Å². The lowest BCUT2D eigenvalue weighted by atomic mass is 9.97. The van der Waals surface area contributed by atoms with E-state index in [0.717, 1.165) is 89.9 Å². The summed E-state index contributed by atoms with van der Waals surface area (Å²) in [5, 5.41) is 87.5. The van der Waals surface area contributed by atoms with Crippen LogP contribution in [-0.2, 0) is 23.7 Å². The van der Waals surface area contributed by atoms with Crippen molar-refractivity contribution >= 4 is 5.91 Å². The maximum Gasteiger partial charge on any atom is 0.220 e. The maximum atomic E-state index is 13.4. The SMILES string of the molecule is CC/C=C\C/C=C\C/C=C\C/C=C\C/C=C\C/C=C\C/C=C\C/C=C\CCCCCCCCCCCCCCC(=O)NC(COC1OC(CO)C(OC2OC(CO)C(O)C(O)C2O)C(O)C1O)C(O)/C=C/CC/C=C/CCCCCCCCCCCCCCCCCC. The molecular weight excluding hydrogens is 1170 g/mol. The zero-order chi connectivity index (χ0) is 67.3. The lowest BCUT2D eigenvalue weighted by molar-refractivity contribution is -0.359. The molecule has 1 amide bonds. The number of carbonyl (C=O) groups excluding carboxylic acids is 1. The van der Waals surface area contributed by atoms with Crippen LogP contribution in [0, 0.1) is 0 Å². The second-order valence-electron chi connectivity index (χ2n) is 25.7. The van der Waals surface area contributed by atoms with E-state index in [2.05, 4.69) is 129 Å². The van der Waals surface area contributed by atoms with E-state index in [1.54, 1.807) is 6.08 Å². The van der Waals surface area contributed by atoms with Gasteiger partial charge >= 0.3 is 0 Å². The fraction of sp³-hybridized carbons (Fsp3) is 0.734. The normalized spacial score (nSPS) is 23.3. The molecule has 0 bridgehead atoms. The van der Waals surface area contributed by atoms with Crippen LogP contribution in [0.15, 0.2) is 122 Å². The smallest absolute Gasteiger partial charge is 0.220 e. The molecule has 0 radical (unpaired) electrons. The summed E-state index contributed by atoms with van der Waals surface area (Å²) in [6, 6.07) is -0.941. The van der Waals surface area contributed by atoms with Crippen LogP contribution in [0.3, 0.4) is 0 Å². The summed E-state index contributed by atoms with van der Waals surface area (Å²) in [5.41, 5.74) is 0. The van der Waals surface area contributed by atoms with Gasteiger partial charge in [-0.3, -0.25) is 4.79 Å². The van der Waals surface area contributed by atoms with Gasteiger partial charge in [0, 0.05) is 6.42 Å². The largest absolute Gasteiger partial charge is 0.394 e. The lowest BCUT2D eigenvalue weighted by Gasteiger charge is -2.46. The van der Waals surface area contributed by atoms with Crippen molar-refractivity contribution in [1.29, 1.82) is 0 Å². The average Bonchev–Trinajstić information content (AvgIpc) is 0.852. The molecule has 0 aromatic rings. The van der Waals surface area contributed by atoms with E-state index in [0.29, 0.717) is 12.8 Å². The molecule has 2 fully saturated rings. The van der Waals surface area contributed by atoms with Gasteiger partial charge in [0.15, 0.2) is 12.6 Å². The first kappa shape index (κ1) is 85.5. The maximum absolute atomic E-state index is 13.4. The molecule has 0 saturated carbocycles. The van der Waals surface area contributed by atoms with Crippen molar-refractivity contribution < 1.29 is 64.6 Å². The summed E-state index contributed by atoms with van der Waals surface area (Å²) >= 11 is 0. The van der Waals surface area contributed by atoms with Gasteiger partial charge in [-0.05, 0) is 96.3 Å². The molecule has 0 spiro atoms. The Bertz CT molecular complexity index is 2030. The van der Waals surface area contributed by atoms with Crippen molar-refractivity contribution in [1.82, 2.24) is 5.32 Å². The molecule has 2 rings (SSSR count). The number of hydrogen-bond acceptors (Lipinski definition) is 13. The van der Waals surface area contributed by atoms with Crippen LogP contribution in [0.1, 0.15) is 277 Å². The van der Waals surface area contributed by atoms with Crippen LogP contribution >= 0.6 is 0 Å². The first-order valence-corrected chi connectivity index (χ1v) is 37.3. The molecule has 2 heterocycles. The average molecular weight is 1310 g/mol. The Labute approximate surface area is 565 Å². The summed E-state index contributed by atoms with van der Waals surface area (Å²) in [6.07, 6.45) is 74.0. The number of hydrogen-bond donors (Lipinski definition) is 9. The van der Waals surface area contributed by atoms with E-state index in [-0.39, 0.29) is 18.9 Å². The number of ether oxygens (including phenoxy) is 4. The van der Waals surface area contributed by atoms with Gasteiger partial charge in [-0.1, -0.05) is 296 Å². The van der Waals surface area contributed by atoms with Crippen molar-refractivity contribution in [3.05, 3.63) is 122 Å². The third-order valence-electron chi connectivity index (χ3n) is 17.4. The van der Waals surface area contributed by atoms with Gasteiger partial charge in [-0.25, -0.2) is 0 Å². The third-order valence-corrected chi connectivity index (χ3v) is 17.4. The molecule has 0 aliphatic carbocycles. The predicted molar refractivity (Wildman–Crippen MR) is 382 cm³/mol. The second kappa shape index (κ2) is 61.9. The molecule has 12 atom stereocenters. The highest BCUT2D eigenvalue weighted by Crippen LogP contribution is 2.30. The van der Waals surface area contributed by atoms with Gasteiger partial charge < -0.3 is 65.1 Å². The monoisotopic (exact) mass is 1310 g/mol. The molecule has 14 nitrogen and oxygen atoms in total. The molecule has 0 aromatic carbocycles. The highest BCUT2D eigenvalue weighted by atomic mass is 16.7. The van der Waals surface area contributed by atoms with Crippen molar-refractivity contribution in [2.24, 2.45) is 0 Å². The number of nitrogens with one attached hydrogen (secondary N) is 1. The number of rotatable bonds is 60. The Morgan fingerprint density at radius 3 is 1.18 bits per heavy atom. The Hall–Kier alpha value is -3.61. The summed E-state index contributed by atoms with van der Waals surface area (Å²) in [7, 11) is 0. The Morgan fingerprint density at radius 2 is 0.753 bits per heavy atom. The molecular formula is C79H135NO13. The topological polar surface area (TPSA) is 228 Å². The fourth-order valence-electron chi connectivity index (χ4n) is 11.5. The van der Waals surface area contributed by atoms with E-state index >= 15 is 0 Å². The van der Waals surface area contributed by atoms with Gasteiger partial charge in [-0.2, -0.15) is 0 Å². The summed E-state index contributed by atoms with van der Waals surface area (Å²) < 4.78 is 22.9. The molecule has 12 unspecified atom stereocenters. The van der Waals surface area contributed by atoms with Crippen LogP contribution in [0.4, 0.5) is 0 Å². The highest BCUT2D eigenvalue weighted by molar-refractivity contribution is 5.76. The second-order valence-corrected chi connectivity index (χ2v) is 25.7. The van der Waals surface area contributed by atoms with Crippen LogP contribution in [0.5, 0.6) is 0 Å². The van der Waals surface area contributed by atoms with Gasteiger partial charge in [0.25, 0.3) is 0 Å². The van der Waals surface area contributed by atoms with Crippen LogP contribution in [-0.4, -0.2) is 140 Å². The highest BCUT2D eigenvalue weighted by Gasteiger charge is 2.51. The number of aliphatic hydroxyl groups excluding tert-OH is 8. The molecule has 2 saturated heterocycles. The van der Waals surface area contributed by atoms with Crippen LogP contribution in [0.25, 0.3) is 0 Å². The minimum absolute atomic E-state index is 0.254. The van der Waals surface area contributed by atoms with Crippen molar-refractivity contribution in [2.45, 2.75) is 351 Å². The van der Waals surface area contributed by atoms with Gasteiger partial charge in [0.05, 0.1) is 32.0 Å². The molecule has 0 aromatic heterocycles. The number of aliphatic hydroxyl groups is 8. The van der Waals surface area contributed by atoms with Crippen molar-refractivity contribution in [3.63, 3.8) is 0 Å². The fourth-order valence-corrected chi connectivity index (χ4v) is 11.5. The molecule has 2 aliphatic heterocycles. The summed E-state index contributed by atoms with van der Waals surface area (Å²) in [6.45, 7) is 2.68. The number of amides is 1. The standard InChI is InChI=1S/C79H135NO13/c1-3-5-7-9-11-13-15-17-19-21-23-25-27-28-29-30-31-32-33-34-35-36-37-38-39-40-41-43-45-47-49-51-53-55-57-59-61-63-71(84)80-67(66-90-78-76(89)74(87)77(70(65-82)92-78)93-79-75(88)73(86)72(85)69(64-81)91-79)68(83)62-60-58-56-54-52-50-48-46-44-42-26-24-22-20-18-16-14-12-10-8-6-4-2/h5,7,11,13,17,19,23,25,28-29,31-32,34-35,37-38,52,54,60,62,67-70,72-79,81-83,85-89H,3-4,6,8-10,12,14-16,18,20-22,24,26-27,30,33,36,39-51,53,55-59,61,63-66H2,1-2H3,(H,80,84)/b7-5-,13-11-,19-17-,25-23-,29-28-,32-31-,35-34-,38-37-,54-52+,62-60+. The summed E-state index contributed by atoms with van der Waals surface area (Å²) in [4.78, 5) is 13.4. The molecule has 2 aliphatic rings. The Morgan fingerprint density at radius 1 is 0.398 bits per heavy atom. The van der Waals surface area contributed by atoms with E-state index < -0.39 is 86.8 Å². The van der Waals surface area contributed by atoms with E-state index in [1.807, 2.05) is 6.08 Å². The minimum Gasteiger partial charge on any atom is -0.394 e. The minimum atomic E-state index is -1.80. The predicted octanol–water partition coefficient (Wildman–Crippen LogP) is 16.1. The molecule has 14 heteroatoms. The van der Waals surface area contributed by atoms with Gasteiger partial charge in [0.1, 0.15) is 48.8 Å². The van der Waals surface area contributed by atoms with Gasteiger partial charge in [-0.15, -0.1) is 0 Å². The summed E-state index contributed by atoms with van der Waals surface area (Å²) in [5.74, 6) is -0.254. The van der Waals surface area contributed by atoms with Crippen LogP contribution in [0.2, 0.25) is 0 Å². The molecule has 9 N–H and O–H groups in total. The lowest BCUT2D eigenvalue weighted by Crippen LogP contribution is -2.65. The van der Waals surface area contributed by atoms with E-state index in [4.69, 9.17) is 18.9 Å². The van der Waals surface area contributed by atoms with Crippen molar-refractivity contribution in [2.75, 3.05) is 19.8 Å². The Balaban J connectivity index is 1.65. The van der Waals surface area contributed by atoms with Crippen molar-refractivity contribution in [3.8, 4) is 0 Å². The van der Waals surface area contributed by atoms with Gasteiger partial charge in [0.2, 0.25) is 5.91 Å². The zero-order valence-corrected chi connectivity index (χ0v) is 58.2. The third kappa shape index (κ3) is 45.5. The first-order valence-electron chi connectivity index (χ1n) is 37.3. The molecule has 534 valence electrons. The zero-order valence-electron chi connectivity index (χ0n) is 58.2. The number of allylic oxidation sites excluding steroid dienone is 19. The van der Waals surface area contributed by atoms with E-state index in [9.17, 15) is 45.6 Å². The van der Waals surface area contributed by atoms with E-state index in [1.165, 1.54) is 154 Å².